The van der Waals surface area contributed by atoms with Gasteiger partial charge in [0.2, 0.25) is 0 Å². The second kappa shape index (κ2) is 7.97. The van der Waals surface area contributed by atoms with Gasteiger partial charge in [-0.15, -0.1) is 0 Å². The summed E-state index contributed by atoms with van der Waals surface area (Å²) in [4.78, 5) is 2.75. The molecular weight excluding hydrogens is 256 g/mol. The molecule has 2 heterocycles. The number of likely N-dealkylation sites (tertiary alicyclic amines) is 1. The van der Waals surface area contributed by atoms with Gasteiger partial charge in [0.15, 0.2) is 0 Å². The molecular formula is C19H38N2. The average molecular weight is 295 g/mol. The summed E-state index contributed by atoms with van der Waals surface area (Å²) in [5.41, 5.74) is 0.497. The molecule has 0 saturated carbocycles. The molecule has 2 rings (SSSR count). The van der Waals surface area contributed by atoms with Gasteiger partial charge in [-0.05, 0) is 94.4 Å². The van der Waals surface area contributed by atoms with Crippen molar-refractivity contribution in [3.63, 3.8) is 0 Å². The van der Waals surface area contributed by atoms with Crippen LogP contribution in [0.25, 0.3) is 0 Å². The molecule has 21 heavy (non-hydrogen) atoms. The highest BCUT2D eigenvalue weighted by atomic mass is 15.1. The monoisotopic (exact) mass is 294 g/mol. The first-order chi connectivity index (χ1) is 9.97. The first-order valence-electron chi connectivity index (χ1n) is 9.40. The van der Waals surface area contributed by atoms with E-state index in [4.69, 9.17) is 0 Å². The Morgan fingerprint density at radius 2 is 1.90 bits per heavy atom. The molecule has 0 aromatic heterocycles. The summed E-state index contributed by atoms with van der Waals surface area (Å²) in [6.45, 7) is 16.2. The summed E-state index contributed by atoms with van der Waals surface area (Å²) < 4.78 is 0. The van der Waals surface area contributed by atoms with E-state index in [1.807, 2.05) is 0 Å². The summed E-state index contributed by atoms with van der Waals surface area (Å²) in [7, 11) is 0. The van der Waals surface area contributed by atoms with Gasteiger partial charge in [0.05, 0.1) is 0 Å². The summed E-state index contributed by atoms with van der Waals surface area (Å²) >= 11 is 0. The fraction of sp³-hybridized carbons (Fsp3) is 1.00. The van der Waals surface area contributed by atoms with Gasteiger partial charge in [0.25, 0.3) is 0 Å². The molecule has 2 aliphatic rings. The van der Waals surface area contributed by atoms with Crippen LogP contribution in [-0.4, -0.2) is 37.6 Å². The van der Waals surface area contributed by atoms with Gasteiger partial charge in [-0.3, -0.25) is 0 Å². The molecule has 0 amide bonds. The van der Waals surface area contributed by atoms with Gasteiger partial charge in [-0.25, -0.2) is 0 Å². The van der Waals surface area contributed by atoms with E-state index < -0.39 is 0 Å². The van der Waals surface area contributed by atoms with Gasteiger partial charge in [0.1, 0.15) is 0 Å². The topological polar surface area (TPSA) is 15.3 Å². The molecule has 0 spiro atoms. The zero-order chi connectivity index (χ0) is 15.3. The van der Waals surface area contributed by atoms with Crippen LogP contribution >= 0.6 is 0 Å². The van der Waals surface area contributed by atoms with Crippen molar-refractivity contribution >= 4 is 0 Å². The van der Waals surface area contributed by atoms with Crippen molar-refractivity contribution < 1.29 is 0 Å². The minimum absolute atomic E-state index is 0.497. The highest BCUT2D eigenvalue weighted by Crippen LogP contribution is 2.34. The average Bonchev–Trinajstić information content (AvgIpc) is 2.71. The molecule has 3 atom stereocenters. The second-order valence-corrected chi connectivity index (χ2v) is 8.71. The van der Waals surface area contributed by atoms with E-state index in [1.165, 1.54) is 71.2 Å². The van der Waals surface area contributed by atoms with Crippen molar-refractivity contribution in [2.24, 2.45) is 23.2 Å². The Labute approximate surface area is 133 Å². The summed E-state index contributed by atoms with van der Waals surface area (Å²) in [5.74, 6) is 2.73. The van der Waals surface area contributed by atoms with E-state index in [0.717, 1.165) is 17.8 Å². The van der Waals surface area contributed by atoms with Crippen molar-refractivity contribution in [2.45, 2.75) is 66.2 Å². The number of hydrogen-bond acceptors (Lipinski definition) is 2. The highest BCUT2D eigenvalue weighted by Gasteiger charge is 2.27. The molecule has 0 aliphatic carbocycles. The Hall–Kier alpha value is -0.0800. The van der Waals surface area contributed by atoms with Crippen LogP contribution in [0, 0.1) is 23.2 Å². The van der Waals surface area contributed by atoms with E-state index in [0.29, 0.717) is 5.41 Å². The SMILES string of the molecule is CC(CCN1CCCC(C(C)(C)C)CC1)C1CCCNC1. The minimum Gasteiger partial charge on any atom is -0.316 e. The lowest BCUT2D eigenvalue weighted by atomic mass is 9.77. The van der Waals surface area contributed by atoms with E-state index in [9.17, 15) is 0 Å². The lowest BCUT2D eigenvalue weighted by Crippen LogP contribution is -2.35. The zero-order valence-corrected chi connectivity index (χ0v) is 15.0. The summed E-state index contributed by atoms with van der Waals surface area (Å²) in [5, 5.41) is 3.57. The number of hydrogen-bond donors (Lipinski definition) is 1. The Morgan fingerprint density at radius 3 is 2.57 bits per heavy atom. The molecule has 124 valence electrons. The molecule has 2 fully saturated rings. The number of nitrogens with zero attached hydrogens (tertiary/aromatic N) is 1. The highest BCUT2D eigenvalue weighted by molar-refractivity contribution is 4.80. The Balaban J connectivity index is 1.71. The molecule has 2 nitrogen and oxygen atoms in total. The van der Waals surface area contributed by atoms with E-state index in [1.54, 1.807) is 0 Å². The standard InChI is InChI=1S/C19H38N2/c1-16(17-7-5-11-20-15-17)9-13-21-12-6-8-18(10-14-21)19(2,3)4/h16-18,20H,5-15H2,1-4H3. The van der Waals surface area contributed by atoms with E-state index in [2.05, 4.69) is 37.9 Å². The maximum atomic E-state index is 3.57. The minimum atomic E-state index is 0.497. The van der Waals surface area contributed by atoms with Crippen molar-refractivity contribution in [3.8, 4) is 0 Å². The fourth-order valence-corrected chi connectivity index (χ4v) is 4.23. The normalized spacial score (nSPS) is 30.9. The summed E-state index contributed by atoms with van der Waals surface area (Å²) in [6.07, 6.45) is 8.46. The molecule has 0 aromatic rings. The number of piperidine rings is 1. The van der Waals surface area contributed by atoms with Gasteiger partial charge in [-0.2, -0.15) is 0 Å². The van der Waals surface area contributed by atoms with Gasteiger partial charge >= 0.3 is 0 Å². The third kappa shape index (κ3) is 5.56. The molecule has 0 radical (unpaired) electrons. The van der Waals surface area contributed by atoms with Gasteiger partial charge < -0.3 is 10.2 Å². The Morgan fingerprint density at radius 1 is 1.10 bits per heavy atom. The van der Waals surface area contributed by atoms with Crippen molar-refractivity contribution in [1.29, 1.82) is 0 Å². The van der Waals surface area contributed by atoms with Gasteiger partial charge in [-0.1, -0.05) is 27.7 Å². The number of rotatable bonds is 4. The molecule has 2 aliphatic heterocycles. The number of nitrogens with one attached hydrogen (secondary N) is 1. The maximum absolute atomic E-state index is 3.57. The van der Waals surface area contributed by atoms with Crippen molar-refractivity contribution in [3.05, 3.63) is 0 Å². The van der Waals surface area contributed by atoms with Crippen LogP contribution in [0.3, 0.4) is 0 Å². The first-order valence-corrected chi connectivity index (χ1v) is 9.40. The predicted octanol–water partition coefficient (Wildman–Crippen LogP) is 4.16. The molecule has 0 aromatic carbocycles. The second-order valence-electron chi connectivity index (χ2n) is 8.71. The fourth-order valence-electron chi connectivity index (χ4n) is 4.23. The van der Waals surface area contributed by atoms with Crippen molar-refractivity contribution in [1.82, 2.24) is 10.2 Å². The van der Waals surface area contributed by atoms with Gasteiger partial charge in [0, 0.05) is 0 Å². The van der Waals surface area contributed by atoms with Crippen LogP contribution in [-0.2, 0) is 0 Å². The van der Waals surface area contributed by atoms with E-state index >= 15 is 0 Å². The van der Waals surface area contributed by atoms with Crippen LogP contribution in [0.1, 0.15) is 66.2 Å². The third-order valence-corrected chi connectivity index (χ3v) is 6.09. The van der Waals surface area contributed by atoms with Crippen LogP contribution in [0.2, 0.25) is 0 Å². The Bertz CT molecular complexity index is 288. The predicted molar refractivity (Wildman–Crippen MR) is 92.6 cm³/mol. The van der Waals surface area contributed by atoms with Crippen LogP contribution in [0.4, 0.5) is 0 Å². The molecule has 0 bridgehead atoms. The zero-order valence-electron chi connectivity index (χ0n) is 15.0. The quantitative estimate of drug-likeness (QED) is 0.837. The summed E-state index contributed by atoms with van der Waals surface area (Å²) in [6, 6.07) is 0. The molecule has 1 N–H and O–H groups in total. The Kier molecular flexibility index (Phi) is 6.55. The smallest absolute Gasteiger partial charge is 0.00159 e. The maximum Gasteiger partial charge on any atom is -0.00159 e. The first kappa shape index (κ1) is 17.3. The molecule has 2 heteroatoms. The third-order valence-electron chi connectivity index (χ3n) is 6.09. The lowest BCUT2D eigenvalue weighted by molar-refractivity contribution is 0.196. The van der Waals surface area contributed by atoms with Crippen LogP contribution in [0.15, 0.2) is 0 Å². The largest absolute Gasteiger partial charge is 0.316 e. The van der Waals surface area contributed by atoms with Crippen molar-refractivity contribution in [2.75, 3.05) is 32.7 Å². The lowest BCUT2D eigenvalue weighted by Gasteiger charge is -2.31. The van der Waals surface area contributed by atoms with Crippen LogP contribution in [0.5, 0.6) is 0 Å². The van der Waals surface area contributed by atoms with E-state index in [-0.39, 0.29) is 0 Å². The molecule has 2 saturated heterocycles. The molecule has 3 unspecified atom stereocenters. The van der Waals surface area contributed by atoms with Crippen LogP contribution < -0.4 is 5.32 Å².